The first-order chi connectivity index (χ1) is 10.9. The number of likely N-dealkylation sites (tertiary alicyclic amines) is 1. The van der Waals surface area contributed by atoms with Crippen LogP contribution in [0.3, 0.4) is 0 Å². The number of benzene rings is 1. The van der Waals surface area contributed by atoms with E-state index in [2.05, 4.69) is 28.4 Å². The number of carbonyl (C=O) groups is 1. The van der Waals surface area contributed by atoms with Crippen LogP contribution in [0.4, 0.5) is 0 Å². The molecular formula is C19H30N2O2. The number of piperidine rings is 1. The van der Waals surface area contributed by atoms with Crippen molar-refractivity contribution in [2.75, 3.05) is 13.1 Å². The first kappa shape index (κ1) is 18.0. The van der Waals surface area contributed by atoms with Gasteiger partial charge in [0.05, 0.1) is 6.10 Å². The van der Waals surface area contributed by atoms with Crippen molar-refractivity contribution in [3.8, 4) is 0 Å². The first-order valence-electron chi connectivity index (χ1n) is 8.68. The first-order valence-corrected chi connectivity index (χ1v) is 8.68. The Morgan fingerprint density at radius 2 is 1.87 bits per heavy atom. The van der Waals surface area contributed by atoms with Crippen molar-refractivity contribution in [1.29, 1.82) is 0 Å². The van der Waals surface area contributed by atoms with Gasteiger partial charge < -0.3 is 10.4 Å². The Bertz CT molecular complexity index is 520. The minimum absolute atomic E-state index is 0.107. The highest BCUT2D eigenvalue weighted by molar-refractivity contribution is 5.81. The van der Waals surface area contributed by atoms with Gasteiger partial charge in [-0.15, -0.1) is 0 Å². The van der Waals surface area contributed by atoms with Gasteiger partial charge in [0, 0.05) is 31.6 Å². The maximum Gasteiger partial charge on any atom is 0.225 e. The summed E-state index contributed by atoms with van der Waals surface area (Å²) in [6.45, 7) is 9.33. The Balaban J connectivity index is 1.96. The molecule has 1 amide bonds. The van der Waals surface area contributed by atoms with E-state index in [1.54, 1.807) is 0 Å². The summed E-state index contributed by atoms with van der Waals surface area (Å²) in [5.41, 5.74) is 2.12. The number of amides is 1. The van der Waals surface area contributed by atoms with Gasteiger partial charge in [0.15, 0.2) is 0 Å². The molecule has 1 heterocycles. The molecule has 1 aromatic rings. The van der Waals surface area contributed by atoms with Crippen LogP contribution in [0.15, 0.2) is 24.3 Å². The normalized spacial score (nSPS) is 17.2. The van der Waals surface area contributed by atoms with E-state index >= 15 is 0 Å². The molecule has 23 heavy (non-hydrogen) atoms. The lowest BCUT2D eigenvalue weighted by atomic mass is 9.89. The molecule has 0 unspecified atom stereocenters. The molecular weight excluding hydrogens is 288 g/mol. The SMILES string of the molecule is CCC(C)(C)C(=O)NCc1ccccc1CN1CCC(O)CC1. The molecule has 0 spiro atoms. The molecule has 0 aromatic heterocycles. The Hall–Kier alpha value is -1.39. The second kappa shape index (κ2) is 7.93. The van der Waals surface area contributed by atoms with Gasteiger partial charge in [-0.05, 0) is 30.4 Å². The van der Waals surface area contributed by atoms with Gasteiger partial charge in [-0.25, -0.2) is 0 Å². The molecule has 128 valence electrons. The molecule has 1 fully saturated rings. The van der Waals surface area contributed by atoms with Gasteiger partial charge >= 0.3 is 0 Å². The average Bonchev–Trinajstić information content (AvgIpc) is 2.55. The quantitative estimate of drug-likeness (QED) is 0.848. The van der Waals surface area contributed by atoms with Gasteiger partial charge in [0.1, 0.15) is 0 Å². The van der Waals surface area contributed by atoms with E-state index in [0.717, 1.165) is 38.9 Å². The maximum absolute atomic E-state index is 12.3. The van der Waals surface area contributed by atoms with Gasteiger partial charge in [0.2, 0.25) is 5.91 Å². The van der Waals surface area contributed by atoms with Crippen molar-refractivity contribution >= 4 is 5.91 Å². The maximum atomic E-state index is 12.3. The van der Waals surface area contributed by atoms with Crippen molar-refractivity contribution in [2.45, 2.75) is 59.2 Å². The highest BCUT2D eigenvalue weighted by Crippen LogP contribution is 2.20. The van der Waals surface area contributed by atoms with Gasteiger partial charge in [0.25, 0.3) is 0 Å². The molecule has 4 nitrogen and oxygen atoms in total. The lowest BCUT2D eigenvalue weighted by molar-refractivity contribution is -0.129. The predicted octanol–water partition coefficient (Wildman–Crippen LogP) is 2.70. The molecule has 0 aliphatic carbocycles. The molecule has 1 saturated heterocycles. The van der Waals surface area contributed by atoms with Crippen molar-refractivity contribution in [3.05, 3.63) is 35.4 Å². The fourth-order valence-corrected chi connectivity index (χ4v) is 2.78. The second-order valence-corrected chi connectivity index (χ2v) is 7.20. The van der Waals surface area contributed by atoms with E-state index in [9.17, 15) is 9.90 Å². The molecule has 1 aliphatic heterocycles. The minimum atomic E-state index is -0.321. The lowest BCUT2D eigenvalue weighted by Crippen LogP contribution is -2.37. The molecule has 1 aromatic carbocycles. The average molecular weight is 318 g/mol. The third-order valence-electron chi connectivity index (χ3n) is 5.01. The molecule has 0 atom stereocenters. The number of aliphatic hydroxyl groups excluding tert-OH is 1. The fraction of sp³-hybridized carbons (Fsp3) is 0.632. The van der Waals surface area contributed by atoms with Crippen molar-refractivity contribution < 1.29 is 9.90 Å². The summed E-state index contributed by atoms with van der Waals surface area (Å²) in [7, 11) is 0. The molecule has 1 aliphatic rings. The smallest absolute Gasteiger partial charge is 0.225 e. The Morgan fingerprint density at radius 3 is 2.48 bits per heavy atom. The van der Waals surface area contributed by atoms with Crippen LogP contribution in [0, 0.1) is 5.41 Å². The number of rotatable bonds is 6. The summed E-state index contributed by atoms with van der Waals surface area (Å²) in [6.07, 6.45) is 2.39. The number of nitrogens with zero attached hydrogens (tertiary/aromatic N) is 1. The molecule has 2 N–H and O–H groups in total. The summed E-state index contributed by atoms with van der Waals surface area (Å²) in [5.74, 6) is 0.107. The van der Waals surface area contributed by atoms with Crippen LogP contribution in [-0.2, 0) is 17.9 Å². The zero-order chi connectivity index (χ0) is 16.9. The van der Waals surface area contributed by atoms with Crippen molar-refractivity contribution in [2.24, 2.45) is 5.41 Å². The van der Waals surface area contributed by atoms with Crippen LogP contribution >= 0.6 is 0 Å². The van der Waals surface area contributed by atoms with Crippen LogP contribution in [0.2, 0.25) is 0 Å². The second-order valence-electron chi connectivity index (χ2n) is 7.20. The number of carbonyl (C=O) groups excluding carboxylic acids is 1. The van der Waals surface area contributed by atoms with E-state index in [-0.39, 0.29) is 17.4 Å². The van der Waals surface area contributed by atoms with Crippen molar-refractivity contribution in [3.63, 3.8) is 0 Å². The Morgan fingerprint density at radius 1 is 1.26 bits per heavy atom. The Kier molecular flexibility index (Phi) is 6.19. The zero-order valence-corrected chi connectivity index (χ0v) is 14.6. The van der Waals surface area contributed by atoms with E-state index in [1.165, 1.54) is 11.1 Å². The van der Waals surface area contributed by atoms with Gasteiger partial charge in [-0.2, -0.15) is 0 Å². The monoisotopic (exact) mass is 318 g/mol. The largest absolute Gasteiger partial charge is 0.393 e. The third kappa shape index (κ3) is 5.05. The standard InChI is InChI=1S/C19H30N2O2/c1-4-19(2,3)18(23)20-13-15-7-5-6-8-16(15)14-21-11-9-17(22)10-12-21/h5-8,17,22H,4,9-14H2,1-3H3,(H,20,23). The van der Waals surface area contributed by atoms with E-state index in [4.69, 9.17) is 0 Å². The topological polar surface area (TPSA) is 52.6 Å². The highest BCUT2D eigenvalue weighted by Gasteiger charge is 2.25. The molecule has 0 bridgehead atoms. The zero-order valence-electron chi connectivity index (χ0n) is 14.6. The van der Waals surface area contributed by atoms with Crippen LogP contribution in [-0.4, -0.2) is 35.1 Å². The predicted molar refractivity (Wildman–Crippen MR) is 92.9 cm³/mol. The number of hydrogen-bond donors (Lipinski definition) is 2. The van der Waals surface area contributed by atoms with Crippen molar-refractivity contribution in [1.82, 2.24) is 10.2 Å². The summed E-state index contributed by atoms with van der Waals surface area (Å²) in [6, 6.07) is 8.30. The van der Waals surface area contributed by atoms with E-state index in [1.807, 2.05) is 26.8 Å². The van der Waals surface area contributed by atoms with Crippen LogP contribution < -0.4 is 5.32 Å². The number of hydrogen-bond acceptors (Lipinski definition) is 3. The third-order valence-corrected chi connectivity index (χ3v) is 5.01. The van der Waals surface area contributed by atoms with Crippen LogP contribution in [0.25, 0.3) is 0 Å². The van der Waals surface area contributed by atoms with Crippen LogP contribution in [0.5, 0.6) is 0 Å². The minimum Gasteiger partial charge on any atom is -0.393 e. The van der Waals surface area contributed by atoms with E-state index < -0.39 is 0 Å². The summed E-state index contributed by atoms with van der Waals surface area (Å²) >= 11 is 0. The number of nitrogens with one attached hydrogen (secondary N) is 1. The molecule has 2 rings (SSSR count). The number of aliphatic hydroxyl groups is 1. The summed E-state index contributed by atoms with van der Waals surface area (Å²) < 4.78 is 0. The highest BCUT2D eigenvalue weighted by atomic mass is 16.3. The van der Waals surface area contributed by atoms with Crippen LogP contribution in [0.1, 0.15) is 51.2 Å². The summed E-state index contributed by atoms with van der Waals surface area (Å²) in [5, 5.41) is 12.7. The molecule has 0 radical (unpaired) electrons. The Labute approximate surface area is 139 Å². The molecule has 4 heteroatoms. The fourth-order valence-electron chi connectivity index (χ4n) is 2.78. The van der Waals surface area contributed by atoms with Gasteiger partial charge in [-0.1, -0.05) is 45.0 Å². The lowest BCUT2D eigenvalue weighted by Gasteiger charge is -2.30. The summed E-state index contributed by atoms with van der Waals surface area (Å²) in [4.78, 5) is 14.6. The van der Waals surface area contributed by atoms with E-state index in [0.29, 0.717) is 6.54 Å². The van der Waals surface area contributed by atoms with Gasteiger partial charge in [-0.3, -0.25) is 9.69 Å². The molecule has 0 saturated carbocycles.